The van der Waals surface area contributed by atoms with Crippen LogP contribution < -0.4 is 0 Å². The van der Waals surface area contributed by atoms with Crippen LogP contribution in [-0.2, 0) is 17.6 Å². The van der Waals surface area contributed by atoms with Gasteiger partial charge in [0.1, 0.15) is 5.78 Å². The number of rotatable bonds is 0. The highest BCUT2D eigenvalue weighted by molar-refractivity contribution is 5.83. The van der Waals surface area contributed by atoms with E-state index < -0.39 is 0 Å². The molecular formula is C12H10O. The van der Waals surface area contributed by atoms with Crippen molar-refractivity contribution >= 4 is 5.78 Å². The number of ketones is 1. The van der Waals surface area contributed by atoms with Gasteiger partial charge in [-0.15, -0.1) is 6.42 Å². The van der Waals surface area contributed by atoms with Crippen molar-refractivity contribution < 1.29 is 4.79 Å². The molecule has 1 aromatic rings. The standard InChI is InChI=1S/C12H10O/c1-2-9-3-4-10-5-6-12(13)8-11(10)7-9/h1,3-4,7H,5-6,8H2. The van der Waals surface area contributed by atoms with Gasteiger partial charge in [-0.25, -0.2) is 0 Å². The Morgan fingerprint density at radius 3 is 2.85 bits per heavy atom. The van der Waals surface area contributed by atoms with Gasteiger partial charge in [0, 0.05) is 18.4 Å². The highest BCUT2D eigenvalue weighted by Crippen LogP contribution is 2.19. The Balaban J connectivity index is 2.45. The summed E-state index contributed by atoms with van der Waals surface area (Å²) in [6.45, 7) is 0. The quantitative estimate of drug-likeness (QED) is 0.542. The lowest BCUT2D eigenvalue weighted by molar-refractivity contribution is -0.118. The molecule has 0 aromatic heterocycles. The van der Waals surface area contributed by atoms with E-state index >= 15 is 0 Å². The van der Waals surface area contributed by atoms with Crippen molar-refractivity contribution in [2.75, 3.05) is 0 Å². The van der Waals surface area contributed by atoms with Gasteiger partial charge >= 0.3 is 0 Å². The highest BCUT2D eigenvalue weighted by Gasteiger charge is 2.14. The molecule has 0 N–H and O–H groups in total. The fourth-order valence-electron chi connectivity index (χ4n) is 1.70. The topological polar surface area (TPSA) is 17.1 Å². The number of hydrogen-bond acceptors (Lipinski definition) is 1. The van der Waals surface area contributed by atoms with E-state index in [1.807, 2.05) is 18.2 Å². The Labute approximate surface area is 77.8 Å². The molecule has 0 saturated heterocycles. The summed E-state index contributed by atoms with van der Waals surface area (Å²) in [6.07, 6.45) is 7.40. The van der Waals surface area contributed by atoms with E-state index in [-0.39, 0.29) is 0 Å². The monoisotopic (exact) mass is 170 g/mol. The number of fused-ring (bicyclic) bond motifs is 1. The first kappa shape index (κ1) is 8.07. The Kier molecular flexibility index (Phi) is 1.90. The number of Topliss-reactive ketones (excluding diaryl/α,β-unsaturated/α-hetero) is 1. The van der Waals surface area contributed by atoms with E-state index in [2.05, 4.69) is 5.92 Å². The summed E-state index contributed by atoms with van der Waals surface area (Å²) in [6, 6.07) is 5.93. The van der Waals surface area contributed by atoms with Gasteiger partial charge in [0.2, 0.25) is 0 Å². The fourth-order valence-corrected chi connectivity index (χ4v) is 1.70. The lowest BCUT2D eigenvalue weighted by Gasteiger charge is -2.14. The van der Waals surface area contributed by atoms with Crippen LogP contribution in [0.1, 0.15) is 23.1 Å². The summed E-state index contributed by atoms with van der Waals surface area (Å²) < 4.78 is 0. The zero-order valence-corrected chi connectivity index (χ0v) is 7.34. The average molecular weight is 170 g/mol. The summed E-state index contributed by atoms with van der Waals surface area (Å²) in [5.41, 5.74) is 3.26. The summed E-state index contributed by atoms with van der Waals surface area (Å²) in [5.74, 6) is 2.90. The second kappa shape index (κ2) is 3.06. The van der Waals surface area contributed by atoms with Gasteiger partial charge in [-0.1, -0.05) is 12.0 Å². The zero-order valence-electron chi connectivity index (χ0n) is 7.34. The largest absolute Gasteiger partial charge is 0.299 e. The second-order valence-electron chi connectivity index (χ2n) is 3.34. The molecule has 0 atom stereocenters. The molecule has 0 radical (unpaired) electrons. The zero-order chi connectivity index (χ0) is 9.26. The van der Waals surface area contributed by atoms with Crippen molar-refractivity contribution in [2.45, 2.75) is 19.3 Å². The summed E-state index contributed by atoms with van der Waals surface area (Å²) in [7, 11) is 0. The molecule has 64 valence electrons. The van der Waals surface area contributed by atoms with Gasteiger partial charge in [0.25, 0.3) is 0 Å². The third kappa shape index (κ3) is 1.48. The molecule has 0 heterocycles. The average Bonchev–Trinajstić information content (AvgIpc) is 2.16. The number of terminal acetylenes is 1. The molecule has 0 unspecified atom stereocenters. The molecule has 0 bridgehead atoms. The molecule has 13 heavy (non-hydrogen) atoms. The minimum Gasteiger partial charge on any atom is -0.299 e. The summed E-state index contributed by atoms with van der Waals surface area (Å²) in [5, 5.41) is 0. The van der Waals surface area contributed by atoms with Crippen molar-refractivity contribution in [2.24, 2.45) is 0 Å². The number of hydrogen-bond donors (Lipinski definition) is 0. The number of carbonyl (C=O) groups excluding carboxylic acids is 1. The maximum Gasteiger partial charge on any atom is 0.137 e. The van der Waals surface area contributed by atoms with Crippen molar-refractivity contribution in [3.63, 3.8) is 0 Å². The first-order chi connectivity index (χ1) is 6.29. The molecule has 1 heteroatoms. The third-order valence-electron chi connectivity index (χ3n) is 2.43. The molecule has 2 rings (SSSR count). The van der Waals surface area contributed by atoms with Gasteiger partial charge < -0.3 is 0 Å². The second-order valence-corrected chi connectivity index (χ2v) is 3.34. The van der Waals surface area contributed by atoms with Crippen LogP contribution in [-0.4, -0.2) is 5.78 Å². The van der Waals surface area contributed by atoms with Crippen molar-refractivity contribution in [1.82, 2.24) is 0 Å². The number of benzene rings is 1. The number of aryl methyl sites for hydroxylation is 1. The molecule has 0 aliphatic heterocycles. The molecule has 0 fully saturated rings. The maximum atomic E-state index is 11.2. The van der Waals surface area contributed by atoms with Gasteiger partial charge in [0.15, 0.2) is 0 Å². The van der Waals surface area contributed by atoms with E-state index in [0.29, 0.717) is 18.6 Å². The SMILES string of the molecule is C#Cc1ccc2c(c1)CC(=O)CC2. The van der Waals surface area contributed by atoms with E-state index in [1.54, 1.807) is 0 Å². The molecule has 1 aliphatic rings. The first-order valence-corrected chi connectivity index (χ1v) is 4.40. The molecule has 0 spiro atoms. The van der Waals surface area contributed by atoms with Gasteiger partial charge in [-0.05, 0) is 29.7 Å². The summed E-state index contributed by atoms with van der Waals surface area (Å²) >= 11 is 0. The van der Waals surface area contributed by atoms with Crippen LogP contribution in [0.25, 0.3) is 0 Å². The normalized spacial score (nSPS) is 14.8. The van der Waals surface area contributed by atoms with Crippen molar-refractivity contribution in [3.8, 4) is 12.3 Å². The Hall–Kier alpha value is -1.55. The molecule has 1 aromatic carbocycles. The maximum absolute atomic E-state index is 11.2. The van der Waals surface area contributed by atoms with E-state index in [1.165, 1.54) is 5.56 Å². The van der Waals surface area contributed by atoms with Crippen LogP contribution in [0.4, 0.5) is 0 Å². The summed E-state index contributed by atoms with van der Waals surface area (Å²) in [4.78, 5) is 11.2. The van der Waals surface area contributed by atoms with E-state index in [9.17, 15) is 4.79 Å². The minimum absolute atomic E-state index is 0.321. The highest BCUT2D eigenvalue weighted by atomic mass is 16.1. The van der Waals surface area contributed by atoms with Gasteiger partial charge in [0.05, 0.1) is 0 Å². The Morgan fingerprint density at radius 1 is 1.23 bits per heavy atom. The first-order valence-electron chi connectivity index (χ1n) is 4.40. The van der Waals surface area contributed by atoms with Crippen molar-refractivity contribution in [3.05, 3.63) is 34.9 Å². The predicted molar refractivity (Wildman–Crippen MR) is 51.4 cm³/mol. The fraction of sp³-hybridized carbons (Fsp3) is 0.250. The Morgan fingerprint density at radius 2 is 2.08 bits per heavy atom. The van der Waals surface area contributed by atoms with Crippen LogP contribution in [0.15, 0.2) is 18.2 Å². The Bertz CT molecular complexity index is 396. The van der Waals surface area contributed by atoms with Gasteiger partial charge in [-0.2, -0.15) is 0 Å². The lowest BCUT2D eigenvalue weighted by Crippen LogP contribution is -2.13. The molecular weight excluding hydrogens is 160 g/mol. The van der Waals surface area contributed by atoms with Crippen LogP contribution in [0.2, 0.25) is 0 Å². The van der Waals surface area contributed by atoms with Crippen LogP contribution >= 0.6 is 0 Å². The molecule has 1 aliphatic carbocycles. The molecule has 0 amide bonds. The molecule has 0 saturated carbocycles. The van der Waals surface area contributed by atoms with Crippen LogP contribution in [0.5, 0.6) is 0 Å². The van der Waals surface area contributed by atoms with Crippen LogP contribution in [0, 0.1) is 12.3 Å². The lowest BCUT2D eigenvalue weighted by atomic mass is 9.90. The molecule has 1 nitrogen and oxygen atoms in total. The predicted octanol–water partition coefficient (Wildman–Crippen LogP) is 1.73. The van der Waals surface area contributed by atoms with Crippen molar-refractivity contribution in [1.29, 1.82) is 0 Å². The third-order valence-corrected chi connectivity index (χ3v) is 2.43. The number of carbonyl (C=O) groups is 1. The van der Waals surface area contributed by atoms with Crippen LogP contribution in [0.3, 0.4) is 0 Å². The van der Waals surface area contributed by atoms with E-state index in [0.717, 1.165) is 17.5 Å². The van der Waals surface area contributed by atoms with Gasteiger partial charge in [-0.3, -0.25) is 4.79 Å². The minimum atomic E-state index is 0.321. The van der Waals surface area contributed by atoms with E-state index in [4.69, 9.17) is 6.42 Å². The smallest absolute Gasteiger partial charge is 0.137 e.